The summed E-state index contributed by atoms with van der Waals surface area (Å²) in [5.41, 5.74) is 5.66. The lowest BCUT2D eigenvalue weighted by atomic mass is 9.98. The van der Waals surface area contributed by atoms with Gasteiger partial charge in [-0.25, -0.2) is 0 Å². The zero-order valence-electron chi connectivity index (χ0n) is 10.7. The van der Waals surface area contributed by atoms with Gasteiger partial charge in [0.2, 0.25) is 11.8 Å². The second-order valence-electron chi connectivity index (χ2n) is 5.01. The zero-order valence-corrected chi connectivity index (χ0v) is 11.5. The van der Waals surface area contributed by atoms with Crippen molar-refractivity contribution in [1.29, 1.82) is 0 Å². The first-order chi connectivity index (χ1) is 9.29. The van der Waals surface area contributed by atoms with Crippen LogP contribution in [0.15, 0.2) is 0 Å². The zero-order chi connectivity index (χ0) is 14.9. The van der Waals surface area contributed by atoms with E-state index < -0.39 is 24.2 Å². The van der Waals surface area contributed by atoms with Gasteiger partial charge in [-0.2, -0.15) is 13.2 Å². The molecule has 2 fully saturated rings. The number of hydrogen-bond donors (Lipinski definition) is 1. The van der Waals surface area contributed by atoms with Gasteiger partial charge in [0.15, 0.2) is 0 Å². The summed E-state index contributed by atoms with van der Waals surface area (Å²) in [4.78, 5) is 25.6. The summed E-state index contributed by atoms with van der Waals surface area (Å²) in [6.07, 6.45) is -4.40. The van der Waals surface area contributed by atoms with Gasteiger partial charge < -0.3 is 15.5 Å². The average molecular weight is 311 g/mol. The lowest BCUT2D eigenvalue weighted by Crippen LogP contribution is -2.58. The summed E-state index contributed by atoms with van der Waals surface area (Å²) in [6.45, 7) is -0.413. The van der Waals surface area contributed by atoms with Crippen molar-refractivity contribution in [2.45, 2.75) is 31.1 Å². The van der Waals surface area contributed by atoms with Crippen LogP contribution in [0.1, 0.15) is 12.8 Å². The number of carbonyl (C=O) groups excluding carboxylic acids is 2. The second kappa shape index (κ2) is 5.80. The molecule has 2 amide bonds. The van der Waals surface area contributed by atoms with E-state index in [0.29, 0.717) is 5.88 Å². The van der Waals surface area contributed by atoms with Crippen molar-refractivity contribution < 1.29 is 22.8 Å². The Morgan fingerprint density at radius 3 is 2.65 bits per heavy atom. The normalized spacial score (nSPS) is 28.1. The fraction of sp³-hybridized carbons (Fsp3) is 0.818. The first-order valence-electron chi connectivity index (χ1n) is 6.26. The summed E-state index contributed by atoms with van der Waals surface area (Å²) in [7, 11) is 0. The number of carbonyl (C=O) groups is 2. The minimum absolute atomic E-state index is 0.113. The first-order valence-corrected chi connectivity index (χ1v) is 7.42. The predicted molar refractivity (Wildman–Crippen MR) is 67.8 cm³/mol. The maximum atomic E-state index is 12.9. The fourth-order valence-corrected chi connectivity index (χ4v) is 3.31. The number of halogens is 3. The highest BCUT2D eigenvalue weighted by molar-refractivity contribution is 8.00. The van der Waals surface area contributed by atoms with Gasteiger partial charge in [-0.05, 0) is 12.8 Å². The minimum Gasteiger partial charge on any atom is -0.327 e. The van der Waals surface area contributed by atoms with Crippen molar-refractivity contribution in [3.63, 3.8) is 0 Å². The molecule has 114 valence electrons. The summed E-state index contributed by atoms with van der Waals surface area (Å²) in [5.74, 6) is -0.275. The molecule has 2 atom stereocenters. The van der Waals surface area contributed by atoms with E-state index in [4.69, 9.17) is 5.73 Å². The molecule has 0 unspecified atom stereocenters. The van der Waals surface area contributed by atoms with E-state index in [9.17, 15) is 22.8 Å². The van der Waals surface area contributed by atoms with Crippen molar-refractivity contribution in [3.05, 3.63) is 0 Å². The molecule has 2 aliphatic rings. The van der Waals surface area contributed by atoms with Crippen LogP contribution in [-0.4, -0.2) is 64.6 Å². The predicted octanol–water partition coefficient (Wildman–Crippen LogP) is 0.400. The topological polar surface area (TPSA) is 66.6 Å². The van der Waals surface area contributed by atoms with Crippen LogP contribution in [0.25, 0.3) is 0 Å². The Morgan fingerprint density at radius 1 is 1.40 bits per heavy atom. The van der Waals surface area contributed by atoms with E-state index in [0.717, 1.165) is 4.90 Å². The Kier molecular flexibility index (Phi) is 4.48. The van der Waals surface area contributed by atoms with Crippen LogP contribution >= 0.6 is 11.8 Å². The number of piperidine rings is 1. The number of rotatable bonds is 2. The lowest BCUT2D eigenvalue weighted by Gasteiger charge is -2.39. The van der Waals surface area contributed by atoms with E-state index in [1.165, 1.54) is 16.7 Å². The summed E-state index contributed by atoms with van der Waals surface area (Å²) in [5, 5.41) is 0. The standard InChI is InChI=1S/C11H16F3N3O2S/c12-11(13,14)8-2-1-7(15)3-17(8)9(18)4-16-6-20-5-10(16)19/h7-8H,1-6,15H2/t7-,8-/m0/s1. The molecular weight excluding hydrogens is 295 g/mol. The number of nitrogens with zero attached hydrogens (tertiary/aromatic N) is 2. The van der Waals surface area contributed by atoms with Crippen LogP contribution in [-0.2, 0) is 9.59 Å². The molecule has 2 rings (SSSR count). The smallest absolute Gasteiger partial charge is 0.327 e. The third kappa shape index (κ3) is 3.38. The van der Waals surface area contributed by atoms with Gasteiger partial charge in [-0.15, -0.1) is 11.8 Å². The lowest BCUT2D eigenvalue weighted by molar-refractivity contribution is -0.197. The Morgan fingerprint density at radius 2 is 2.10 bits per heavy atom. The summed E-state index contributed by atoms with van der Waals surface area (Å²) in [6, 6.07) is -2.23. The Hall–Kier alpha value is -0.960. The molecule has 0 aromatic rings. The van der Waals surface area contributed by atoms with Gasteiger partial charge in [0, 0.05) is 12.6 Å². The number of nitrogens with two attached hydrogens (primary N) is 1. The average Bonchev–Trinajstić information content (AvgIpc) is 2.73. The highest BCUT2D eigenvalue weighted by Gasteiger charge is 2.47. The number of thioether (sulfide) groups is 1. The highest BCUT2D eigenvalue weighted by atomic mass is 32.2. The number of alkyl halides is 3. The quantitative estimate of drug-likeness (QED) is 0.802. The second-order valence-corrected chi connectivity index (χ2v) is 5.97. The molecule has 5 nitrogen and oxygen atoms in total. The number of amides is 2. The fourth-order valence-electron chi connectivity index (χ4n) is 2.41. The molecule has 0 radical (unpaired) electrons. The van der Waals surface area contributed by atoms with Crippen molar-refractivity contribution in [1.82, 2.24) is 9.80 Å². The maximum absolute atomic E-state index is 12.9. The monoisotopic (exact) mass is 311 g/mol. The highest BCUT2D eigenvalue weighted by Crippen LogP contribution is 2.31. The van der Waals surface area contributed by atoms with Crippen molar-refractivity contribution in [3.8, 4) is 0 Å². The molecular formula is C11H16F3N3O2S. The van der Waals surface area contributed by atoms with E-state index >= 15 is 0 Å². The van der Waals surface area contributed by atoms with Gasteiger partial charge in [0.05, 0.1) is 11.6 Å². The van der Waals surface area contributed by atoms with E-state index in [2.05, 4.69) is 0 Å². The van der Waals surface area contributed by atoms with Gasteiger partial charge in [-0.3, -0.25) is 9.59 Å². The molecule has 9 heteroatoms. The molecule has 2 N–H and O–H groups in total. The van der Waals surface area contributed by atoms with Crippen LogP contribution in [0, 0.1) is 0 Å². The molecule has 0 aromatic carbocycles. The van der Waals surface area contributed by atoms with Gasteiger partial charge in [0.1, 0.15) is 12.6 Å². The minimum atomic E-state index is -4.46. The molecule has 2 saturated heterocycles. The number of hydrogen-bond acceptors (Lipinski definition) is 4. The molecule has 0 aromatic heterocycles. The van der Waals surface area contributed by atoms with Crippen molar-refractivity contribution in [2.24, 2.45) is 5.73 Å². The van der Waals surface area contributed by atoms with Gasteiger partial charge in [0.25, 0.3) is 0 Å². The van der Waals surface area contributed by atoms with Crippen LogP contribution < -0.4 is 5.73 Å². The van der Waals surface area contributed by atoms with E-state index in [1.54, 1.807) is 0 Å². The Labute approximate surface area is 118 Å². The van der Waals surface area contributed by atoms with E-state index in [1.807, 2.05) is 0 Å². The molecule has 0 spiro atoms. The Bertz CT molecular complexity index is 405. The molecule has 2 aliphatic heterocycles. The Balaban J connectivity index is 2.05. The van der Waals surface area contributed by atoms with E-state index in [-0.39, 0.29) is 37.6 Å². The van der Waals surface area contributed by atoms with Crippen LogP contribution in [0.2, 0.25) is 0 Å². The van der Waals surface area contributed by atoms with Gasteiger partial charge in [-0.1, -0.05) is 0 Å². The van der Waals surface area contributed by atoms with Crippen molar-refractivity contribution >= 4 is 23.6 Å². The third-order valence-electron chi connectivity index (χ3n) is 3.47. The largest absolute Gasteiger partial charge is 0.408 e. The number of likely N-dealkylation sites (tertiary alicyclic amines) is 1. The third-order valence-corrected chi connectivity index (χ3v) is 4.41. The molecule has 20 heavy (non-hydrogen) atoms. The molecule has 0 saturated carbocycles. The first kappa shape index (κ1) is 15.4. The van der Waals surface area contributed by atoms with Gasteiger partial charge >= 0.3 is 6.18 Å². The van der Waals surface area contributed by atoms with Crippen LogP contribution in [0.4, 0.5) is 13.2 Å². The summed E-state index contributed by atoms with van der Waals surface area (Å²) >= 11 is 1.34. The molecule has 0 aliphatic carbocycles. The van der Waals surface area contributed by atoms with Crippen LogP contribution in [0.5, 0.6) is 0 Å². The molecule has 2 heterocycles. The summed E-state index contributed by atoms with van der Waals surface area (Å²) < 4.78 is 38.8. The molecule has 0 bridgehead atoms. The SMILES string of the molecule is N[C@H]1CC[C@@H](C(F)(F)F)N(C(=O)CN2CSCC2=O)C1. The van der Waals surface area contributed by atoms with Crippen LogP contribution in [0.3, 0.4) is 0 Å². The van der Waals surface area contributed by atoms with Crippen molar-refractivity contribution in [2.75, 3.05) is 24.7 Å². The maximum Gasteiger partial charge on any atom is 0.408 e.